The monoisotopic (exact) mass is 279 g/mol. The Kier molecular flexibility index (Phi) is 3.86. The zero-order chi connectivity index (χ0) is 13.2. The molecule has 2 fully saturated rings. The lowest BCUT2D eigenvalue weighted by Gasteiger charge is -2.34. The summed E-state index contributed by atoms with van der Waals surface area (Å²) in [5.41, 5.74) is 1.22. The van der Waals surface area contributed by atoms with Crippen LogP contribution in [0.25, 0.3) is 0 Å². The molecule has 2 unspecified atom stereocenters. The Morgan fingerprint density at radius 3 is 3.16 bits per heavy atom. The van der Waals surface area contributed by atoms with Gasteiger partial charge in [0, 0.05) is 13.1 Å². The Bertz CT molecular complexity index is 434. The summed E-state index contributed by atoms with van der Waals surface area (Å²) >= 11 is 1.69. The second-order valence-corrected chi connectivity index (χ2v) is 6.44. The number of hydrogen-bond acceptors (Lipinski definition) is 4. The number of carbonyl (C=O) groups excluding carboxylic acids is 1. The Morgan fingerprint density at radius 1 is 1.53 bits per heavy atom. The third-order valence-corrected chi connectivity index (χ3v) is 4.82. The first-order chi connectivity index (χ1) is 9.24. The fraction of sp³-hybridized carbons (Fsp3) is 0.643. The van der Waals surface area contributed by atoms with Crippen molar-refractivity contribution in [1.82, 2.24) is 15.1 Å². The van der Waals surface area contributed by atoms with Crippen LogP contribution in [0.15, 0.2) is 16.8 Å². The number of amides is 1. The van der Waals surface area contributed by atoms with Gasteiger partial charge in [0.2, 0.25) is 5.91 Å². The normalized spacial score (nSPS) is 29.1. The maximum absolute atomic E-state index is 12.1. The molecule has 104 valence electrons. The van der Waals surface area contributed by atoms with Gasteiger partial charge >= 0.3 is 0 Å². The first-order valence-electron chi connectivity index (χ1n) is 6.97. The Labute approximate surface area is 118 Å². The molecule has 4 nitrogen and oxygen atoms in total. The van der Waals surface area contributed by atoms with E-state index in [9.17, 15) is 4.79 Å². The molecule has 5 heteroatoms. The highest BCUT2D eigenvalue weighted by Gasteiger charge is 2.33. The van der Waals surface area contributed by atoms with E-state index in [0.29, 0.717) is 12.5 Å². The van der Waals surface area contributed by atoms with Crippen molar-refractivity contribution in [2.75, 3.05) is 33.2 Å². The number of piperidine rings is 1. The molecule has 2 aliphatic heterocycles. The molecule has 0 aliphatic carbocycles. The summed E-state index contributed by atoms with van der Waals surface area (Å²) in [5, 5.41) is 7.54. The molecule has 0 bridgehead atoms. The number of hydrogen-bond donors (Lipinski definition) is 1. The van der Waals surface area contributed by atoms with Crippen molar-refractivity contribution in [2.24, 2.45) is 5.92 Å². The van der Waals surface area contributed by atoms with Gasteiger partial charge in [0.25, 0.3) is 0 Å². The quantitative estimate of drug-likeness (QED) is 0.911. The molecule has 0 aromatic carbocycles. The van der Waals surface area contributed by atoms with E-state index in [2.05, 4.69) is 34.1 Å². The lowest BCUT2D eigenvalue weighted by molar-refractivity contribution is -0.128. The van der Waals surface area contributed by atoms with Gasteiger partial charge in [0.1, 0.15) is 6.17 Å². The Balaban J connectivity index is 1.68. The van der Waals surface area contributed by atoms with Crippen LogP contribution >= 0.6 is 11.3 Å². The molecule has 2 saturated heterocycles. The van der Waals surface area contributed by atoms with E-state index in [1.54, 1.807) is 11.3 Å². The number of nitrogens with zero attached hydrogens (tertiary/aromatic N) is 2. The van der Waals surface area contributed by atoms with Crippen LogP contribution in [0.4, 0.5) is 0 Å². The molecule has 0 spiro atoms. The second kappa shape index (κ2) is 5.61. The van der Waals surface area contributed by atoms with Crippen molar-refractivity contribution in [3.8, 4) is 0 Å². The van der Waals surface area contributed by atoms with Crippen molar-refractivity contribution in [2.45, 2.75) is 19.0 Å². The maximum Gasteiger partial charge on any atom is 0.238 e. The van der Waals surface area contributed by atoms with Gasteiger partial charge in [-0.2, -0.15) is 11.3 Å². The lowest BCUT2D eigenvalue weighted by atomic mass is 9.97. The number of nitrogens with one attached hydrogen (secondary N) is 1. The van der Waals surface area contributed by atoms with Gasteiger partial charge in [-0.3, -0.25) is 10.1 Å². The van der Waals surface area contributed by atoms with Crippen molar-refractivity contribution in [3.05, 3.63) is 22.4 Å². The predicted octanol–water partition coefficient (Wildman–Crippen LogP) is 1.52. The molecule has 3 rings (SSSR count). The SMILES string of the molecule is CN1CCCC(CN2C(=O)CNC2c2ccsc2)C1. The molecule has 0 saturated carbocycles. The fourth-order valence-electron chi connectivity index (χ4n) is 3.18. The van der Waals surface area contributed by atoms with Crippen LogP contribution in [0, 0.1) is 5.92 Å². The van der Waals surface area contributed by atoms with Crippen LogP contribution in [0.3, 0.4) is 0 Å². The van der Waals surface area contributed by atoms with E-state index in [4.69, 9.17) is 0 Å². The average molecular weight is 279 g/mol. The van der Waals surface area contributed by atoms with Crippen molar-refractivity contribution in [1.29, 1.82) is 0 Å². The van der Waals surface area contributed by atoms with Gasteiger partial charge in [0.15, 0.2) is 0 Å². The average Bonchev–Trinajstić information content (AvgIpc) is 3.01. The van der Waals surface area contributed by atoms with Gasteiger partial charge in [-0.25, -0.2) is 0 Å². The van der Waals surface area contributed by atoms with E-state index >= 15 is 0 Å². The zero-order valence-electron chi connectivity index (χ0n) is 11.3. The third kappa shape index (κ3) is 2.83. The predicted molar refractivity (Wildman–Crippen MR) is 77.0 cm³/mol. The van der Waals surface area contributed by atoms with Gasteiger partial charge in [-0.05, 0) is 54.7 Å². The summed E-state index contributed by atoms with van der Waals surface area (Å²) in [6, 6.07) is 2.11. The van der Waals surface area contributed by atoms with E-state index in [-0.39, 0.29) is 12.1 Å². The van der Waals surface area contributed by atoms with Crippen molar-refractivity contribution in [3.63, 3.8) is 0 Å². The van der Waals surface area contributed by atoms with E-state index in [1.165, 1.54) is 24.9 Å². The molecule has 2 atom stereocenters. The molecule has 0 radical (unpaired) electrons. The van der Waals surface area contributed by atoms with Crippen LogP contribution in [0.2, 0.25) is 0 Å². The Hall–Kier alpha value is -0.910. The van der Waals surface area contributed by atoms with Gasteiger partial charge < -0.3 is 9.80 Å². The molecule has 3 heterocycles. The number of rotatable bonds is 3. The van der Waals surface area contributed by atoms with Crippen molar-refractivity contribution >= 4 is 17.2 Å². The molecular weight excluding hydrogens is 258 g/mol. The molecule has 1 aromatic heterocycles. The van der Waals surface area contributed by atoms with E-state index < -0.39 is 0 Å². The number of thiophene rings is 1. The lowest BCUT2D eigenvalue weighted by Crippen LogP contribution is -2.41. The van der Waals surface area contributed by atoms with Crippen LogP contribution in [-0.2, 0) is 4.79 Å². The van der Waals surface area contributed by atoms with Gasteiger partial charge in [0.05, 0.1) is 6.54 Å². The highest BCUT2D eigenvalue weighted by molar-refractivity contribution is 7.07. The molecular formula is C14H21N3OS. The zero-order valence-corrected chi connectivity index (χ0v) is 12.2. The summed E-state index contributed by atoms with van der Waals surface area (Å²) in [5.74, 6) is 0.855. The first kappa shape index (κ1) is 13.1. The maximum atomic E-state index is 12.1. The minimum atomic E-state index is 0.0889. The van der Waals surface area contributed by atoms with Gasteiger partial charge in [-0.1, -0.05) is 0 Å². The molecule has 1 aromatic rings. The summed E-state index contributed by atoms with van der Waals surface area (Å²) in [6.45, 7) is 3.66. The molecule has 2 aliphatic rings. The Morgan fingerprint density at radius 2 is 2.42 bits per heavy atom. The summed E-state index contributed by atoms with van der Waals surface area (Å²) in [7, 11) is 2.17. The topological polar surface area (TPSA) is 35.6 Å². The molecule has 1 amide bonds. The minimum absolute atomic E-state index is 0.0889. The smallest absolute Gasteiger partial charge is 0.238 e. The minimum Gasteiger partial charge on any atom is -0.321 e. The molecule has 19 heavy (non-hydrogen) atoms. The summed E-state index contributed by atoms with van der Waals surface area (Å²) in [4.78, 5) is 16.5. The first-order valence-corrected chi connectivity index (χ1v) is 7.92. The summed E-state index contributed by atoms with van der Waals surface area (Å²) < 4.78 is 0. The number of likely N-dealkylation sites (tertiary alicyclic amines) is 1. The highest BCUT2D eigenvalue weighted by atomic mass is 32.1. The summed E-state index contributed by atoms with van der Waals surface area (Å²) in [6.07, 6.45) is 2.58. The highest BCUT2D eigenvalue weighted by Crippen LogP contribution is 2.27. The van der Waals surface area contributed by atoms with E-state index in [1.807, 2.05) is 4.90 Å². The second-order valence-electron chi connectivity index (χ2n) is 5.66. The largest absolute Gasteiger partial charge is 0.321 e. The van der Waals surface area contributed by atoms with Gasteiger partial charge in [-0.15, -0.1) is 0 Å². The van der Waals surface area contributed by atoms with Crippen LogP contribution in [-0.4, -0.2) is 48.9 Å². The number of carbonyl (C=O) groups is 1. The standard InChI is InChI=1S/C14H21N3OS/c1-16-5-2-3-11(8-16)9-17-13(18)7-15-14(17)12-4-6-19-10-12/h4,6,10-11,14-15H,2-3,5,7-9H2,1H3. The van der Waals surface area contributed by atoms with Crippen LogP contribution in [0.1, 0.15) is 24.6 Å². The fourth-order valence-corrected chi connectivity index (χ4v) is 3.85. The molecule has 1 N–H and O–H groups in total. The van der Waals surface area contributed by atoms with E-state index in [0.717, 1.165) is 13.1 Å². The van der Waals surface area contributed by atoms with Crippen LogP contribution < -0.4 is 5.32 Å². The van der Waals surface area contributed by atoms with Crippen LogP contribution in [0.5, 0.6) is 0 Å². The third-order valence-electron chi connectivity index (χ3n) is 4.11. The van der Waals surface area contributed by atoms with Crippen molar-refractivity contribution < 1.29 is 4.79 Å².